The molecule has 7 nitrogen and oxygen atoms in total. The molecule has 136 valence electrons. The Labute approximate surface area is 154 Å². The average Bonchev–Trinajstić information content (AvgIpc) is 2.62. The maximum atomic E-state index is 12.3. The monoisotopic (exact) mass is 377 g/mol. The molecule has 0 saturated heterocycles. The van der Waals surface area contributed by atoms with Crippen molar-refractivity contribution in [2.24, 2.45) is 0 Å². The Morgan fingerprint density at radius 2 is 2.04 bits per heavy atom. The van der Waals surface area contributed by atoms with E-state index in [1.54, 1.807) is 6.07 Å². The van der Waals surface area contributed by atoms with E-state index in [2.05, 4.69) is 0 Å². The lowest BCUT2D eigenvalue weighted by Gasteiger charge is -2.06. The van der Waals surface area contributed by atoms with Gasteiger partial charge in [-0.25, -0.2) is 0 Å². The second-order valence-electron chi connectivity index (χ2n) is 5.33. The largest absolute Gasteiger partial charge is 0.508 e. The zero-order valence-corrected chi connectivity index (χ0v) is 14.6. The number of ether oxygens (including phenoxy) is 1. The molecule has 0 atom stereocenters. The number of ketones is 1. The lowest BCUT2D eigenvalue weighted by Crippen LogP contribution is -1.97. The van der Waals surface area contributed by atoms with Crippen LogP contribution in [0.5, 0.6) is 17.2 Å². The Morgan fingerprint density at radius 3 is 2.65 bits per heavy atom. The third kappa shape index (κ3) is 4.31. The number of carbonyl (C=O) groups excluding carboxylic acids is 1. The van der Waals surface area contributed by atoms with Crippen LogP contribution in [0.4, 0.5) is 5.69 Å². The van der Waals surface area contributed by atoms with Crippen molar-refractivity contribution in [1.29, 1.82) is 0 Å². The van der Waals surface area contributed by atoms with Crippen LogP contribution in [0.1, 0.15) is 21.5 Å². The number of halogens is 1. The molecule has 0 fully saturated rings. The highest BCUT2D eigenvalue weighted by molar-refractivity contribution is 6.18. The van der Waals surface area contributed by atoms with Gasteiger partial charge in [0, 0.05) is 17.5 Å². The molecule has 2 aromatic rings. The molecule has 0 aromatic heterocycles. The summed E-state index contributed by atoms with van der Waals surface area (Å²) < 4.78 is 4.91. The predicted octanol–water partition coefficient (Wildman–Crippen LogP) is 3.69. The van der Waals surface area contributed by atoms with Gasteiger partial charge in [0.2, 0.25) is 5.75 Å². The first-order chi connectivity index (χ1) is 12.4. The third-order valence-corrected chi connectivity index (χ3v) is 3.84. The molecule has 0 aliphatic heterocycles. The Morgan fingerprint density at radius 1 is 1.31 bits per heavy atom. The summed E-state index contributed by atoms with van der Waals surface area (Å²) in [5, 5.41) is 30.5. The fraction of sp³-hybridized carbons (Fsp3) is 0.167. The highest BCUT2D eigenvalue weighted by Crippen LogP contribution is 2.37. The van der Waals surface area contributed by atoms with Crippen LogP contribution in [0, 0.1) is 10.1 Å². The van der Waals surface area contributed by atoms with Crippen LogP contribution >= 0.6 is 11.6 Å². The summed E-state index contributed by atoms with van der Waals surface area (Å²) in [7, 11) is 1.27. The topological polar surface area (TPSA) is 110 Å². The van der Waals surface area contributed by atoms with Crippen LogP contribution in [0.3, 0.4) is 0 Å². The second kappa shape index (κ2) is 8.35. The van der Waals surface area contributed by atoms with Crippen LogP contribution in [0.25, 0.3) is 6.08 Å². The number of rotatable bonds is 7. The smallest absolute Gasteiger partial charge is 0.315 e. The van der Waals surface area contributed by atoms with Crippen LogP contribution in [-0.4, -0.2) is 33.9 Å². The lowest BCUT2D eigenvalue weighted by molar-refractivity contribution is -0.386. The number of methoxy groups -OCH3 is 1. The maximum Gasteiger partial charge on any atom is 0.315 e. The van der Waals surface area contributed by atoms with Crippen molar-refractivity contribution in [3.8, 4) is 17.2 Å². The Balaban J connectivity index is 2.32. The fourth-order valence-electron chi connectivity index (χ4n) is 2.31. The molecule has 0 unspecified atom stereocenters. The Kier molecular flexibility index (Phi) is 6.19. The number of alkyl halides is 1. The molecular formula is C18H16ClNO6. The number of benzene rings is 2. The van der Waals surface area contributed by atoms with Gasteiger partial charge in [-0.05, 0) is 47.9 Å². The van der Waals surface area contributed by atoms with Gasteiger partial charge in [-0.2, -0.15) is 0 Å². The summed E-state index contributed by atoms with van der Waals surface area (Å²) in [6.07, 6.45) is 3.04. The van der Waals surface area contributed by atoms with E-state index in [-0.39, 0.29) is 17.3 Å². The molecule has 0 spiro atoms. The third-order valence-electron chi connectivity index (χ3n) is 3.65. The maximum absolute atomic E-state index is 12.3. The zero-order valence-electron chi connectivity index (χ0n) is 13.8. The molecule has 0 aliphatic rings. The molecule has 8 heteroatoms. The number of aromatic hydroxyl groups is 2. The molecule has 0 aliphatic carbocycles. The first-order valence-corrected chi connectivity index (χ1v) is 8.06. The highest BCUT2D eigenvalue weighted by Gasteiger charge is 2.19. The quantitative estimate of drug-likeness (QED) is 0.250. The van der Waals surface area contributed by atoms with E-state index in [0.717, 1.165) is 6.07 Å². The number of hydrogen-bond acceptors (Lipinski definition) is 6. The number of hydrogen-bond donors (Lipinski definition) is 2. The van der Waals surface area contributed by atoms with Crippen molar-refractivity contribution in [3.05, 3.63) is 63.2 Å². The van der Waals surface area contributed by atoms with E-state index in [0.29, 0.717) is 29.0 Å². The number of carbonyl (C=O) groups is 1. The number of nitrogens with zero attached hydrogens (tertiary/aromatic N) is 1. The van der Waals surface area contributed by atoms with Gasteiger partial charge in [0.25, 0.3) is 0 Å². The Bertz CT molecular complexity index is 878. The van der Waals surface area contributed by atoms with E-state index < -0.39 is 16.4 Å². The van der Waals surface area contributed by atoms with Crippen LogP contribution in [0.2, 0.25) is 0 Å². The van der Waals surface area contributed by atoms with Gasteiger partial charge in [-0.1, -0.05) is 6.08 Å². The number of allylic oxidation sites excluding steroid dienone is 1. The summed E-state index contributed by atoms with van der Waals surface area (Å²) in [6, 6.07) is 6.94. The molecule has 0 radical (unpaired) electrons. The summed E-state index contributed by atoms with van der Waals surface area (Å²) >= 11 is 5.67. The van der Waals surface area contributed by atoms with Crippen LogP contribution in [0.15, 0.2) is 36.4 Å². The number of nitro groups is 1. The minimum absolute atomic E-state index is 0.0603. The molecule has 0 bridgehead atoms. The predicted molar refractivity (Wildman–Crippen MR) is 97.2 cm³/mol. The van der Waals surface area contributed by atoms with Gasteiger partial charge in [-0.15, -0.1) is 11.6 Å². The summed E-state index contributed by atoms with van der Waals surface area (Å²) in [5.41, 5.74) is 0.700. The average molecular weight is 378 g/mol. The van der Waals surface area contributed by atoms with Gasteiger partial charge in [0.15, 0.2) is 11.5 Å². The molecule has 0 amide bonds. The molecule has 0 heterocycles. The van der Waals surface area contributed by atoms with Gasteiger partial charge < -0.3 is 14.9 Å². The zero-order chi connectivity index (χ0) is 19.3. The van der Waals surface area contributed by atoms with Gasteiger partial charge in [0.1, 0.15) is 5.75 Å². The first kappa shape index (κ1) is 19.3. The first-order valence-electron chi connectivity index (χ1n) is 7.53. The van der Waals surface area contributed by atoms with Crippen molar-refractivity contribution in [3.63, 3.8) is 0 Å². The van der Waals surface area contributed by atoms with Crippen molar-refractivity contribution in [2.45, 2.75) is 6.42 Å². The van der Waals surface area contributed by atoms with Crippen molar-refractivity contribution >= 4 is 29.1 Å². The molecule has 2 aromatic carbocycles. The van der Waals surface area contributed by atoms with Crippen molar-refractivity contribution in [1.82, 2.24) is 0 Å². The van der Waals surface area contributed by atoms with Gasteiger partial charge >= 0.3 is 5.69 Å². The molecule has 2 N–H and O–H groups in total. The number of nitro benzene ring substituents is 1. The molecular weight excluding hydrogens is 362 g/mol. The van der Waals surface area contributed by atoms with Crippen molar-refractivity contribution < 1.29 is 24.7 Å². The molecule has 2 rings (SSSR count). The SMILES string of the molecule is COc1cc(C=CC(=O)c2ccc(O)c(CCCl)c2)cc([N+](=O)[O-])c1O. The van der Waals surface area contributed by atoms with E-state index in [1.165, 1.54) is 37.5 Å². The molecule has 26 heavy (non-hydrogen) atoms. The van der Waals surface area contributed by atoms with Gasteiger partial charge in [0.05, 0.1) is 12.0 Å². The second-order valence-corrected chi connectivity index (χ2v) is 5.71. The van der Waals surface area contributed by atoms with E-state index in [1.807, 2.05) is 0 Å². The molecule has 0 saturated carbocycles. The van der Waals surface area contributed by atoms with Crippen LogP contribution in [-0.2, 0) is 6.42 Å². The summed E-state index contributed by atoms with van der Waals surface area (Å²) in [6.45, 7) is 0. The number of phenolic OH excluding ortho intramolecular Hbond substituents is 2. The minimum Gasteiger partial charge on any atom is -0.508 e. The van der Waals surface area contributed by atoms with E-state index in [4.69, 9.17) is 16.3 Å². The summed E-state index contributed by atoms with van der Waals surface area (Å²) in [4.78, 5) is 22.6. The normalized spacial score (nSPS) is 10.8. The van der Waals surface area contributed by atoms with Crippen LogP contribution < -0.4 is 4.74 Å². The van der Waals surface area contributed by atoms with Crippen molar-refractivity contribution in [2.75, 3.05) is 13.0 Å². The fourth-order valence-corrected chi connectivity index (χ4v) is 2.52. The number of phenols is 2. The highest BCUT2D eigenvalue weighted by atomic mass is 35.5. The lowest BCUT2D eigenvalue weighted by atomic mass is 10.0. The van der Waals surface area contributed by atoms with E-state index in [9.17, 15) is 25.1 Å². The number of aryl methyl sites for hydroxylation is 1. The minimum atomic E-state index is -0.741. The summed E-state index contributed by atoms with van der Waals surface area (Å²) in [5.74, 6) is -0.635. The Hall–Kier alpha value is -3.06. The van der Waals surface area contributed by atoms with E-state index >= 15 is 0 Å². The standard InChI is InChI=1S/C18H16ClNO6/c1-26-17-9-11(8-14(18(17)23)20(24)25)2-4-15(21)12-3-5-16(22)13(10-12)6-7-19/h2-5,8-10,22-23H,6-7H2,1H3. The van der Waals surface area contributed by atoms with Gasteiger partial charge in [-0.3, -0.25) is 14.9 Å².